The lowest BCUT2D eigenvalue weighted by molar-refractivity contribution is -0.146. The van der Waals surface area contributed by atoms with Crippen molar-refractivity contribution in [1.82, 2.24) is 19.6 Å². The van der Waals surface area contributed by atoms with Crippen molar-refractivity contribution in [2.45, 2.75) is 79.5 Å². The van der Waals surface area contributed by atoms with Crippen LogP contribution in [0.5, 0.6) is 11.5 Å². The zero-order valence-corrected chi connectivity index (χ0v) is 37.3. The fourth-order valence-corrected chi connectivity index (χ4v) is 9.76. The van der Waals surface area contributed by atoms with Crippen LogP contribution in [0.4, 0.5) is 0 Å². The average Bonchev–Trinajstić information content (AvgIpc) is 3.25. The maximum Gasteiger partial charge on any atom is 0.320 e. The highest BCUT2D eigenvalue weighted by molar-refractivity contribution is 7.93. The van der Waals surface area contributed by atoms with Crippen LogP contribution in [-0.4, -0.2) is 195 Å². The van der Waals surface area contributed by atoms with Gasteiger partial charge in [0, 0.05) is 52.1 Å². The molecule has 0 aliphatic carbocycles. The second kappa shape index (κ2) is 26.3. The van der Waals surface area contributed by atoms with Gasteiger partial charge in [-0.05, 0) is 68.5 Å². The lowest BCUT2D eigenvalue weighted by Crippen LogP contribution is -2.57. The molecule has 0 saturated carbocycles. The van der Waals surface area contributed by atoms with Crippen molar-refractivity contribution in [3.63, 3.8) is 0 Å². The van der Waals surface area contributed by atoms with Crippen LogP contribution in [0, 0.1) is 0 Å². The van der Waals surface area contributed by atoms with Gasteiger partial charge in [-0.1, -0.05) is 31.0 Å². The number of hydrogen-bond acceptors (Lipinski definition) is 16. The van der Waals surface area contributed by atoms with Crippen LogP contribution in [0.1, 0.15) is 57.8 Å². The summed E-state index contributed by atoms with van der Waals surface area (Å²) >= 11 is 0. The van der Waals surface area contributed by atoms with Gasteiger partial charge in [0.25, 0.3) is 0 Å². The van der Waals surface area contributed by atoms with Crippen LogP contribution in [-0.2, 0) is 48.2 Å². The van der Waals surface area contributed by atoms with E-state index in [4.69, 9.17) is 10.5 Å². The molecule has 0 unspecified atom stereocenters. The number of aliphatic hydroxyl groups is 1. The Balaban J connectivity index is 1.53. The summed E-state index contributed by atoms with van der Waals surface area (Å²) in [4.78, 5) is 102. The number of nitrogens with zero attached hydrogens (tertiary/aromatic N) is 4. The number of likely N-dealkylation sites (tertiary alicyclic amines) is 1. The number of ketones is 2. The Morgan fingerprint density at radius 3 is 1.64 bits per heavy atom. The summed E-state index contributed by atoms with van der Waals surface area (Å²) in [7, 11) is -4.33. The smallest absolute Gasteiger partial charge is 0.320 e. The molecule has 0 aromatic heterocycles. The van der Waals surface area contributed by atoms with Gasteiger partial charge >= 0.3 is 29.8 Å². The molecule has 2 aromatic carbocycles. The SMILES string of the molecule is N[C@@H](CCCCCC(=O)CC[C@@H](C(=O)O)N(CCN(CC(=O)O)CC(=O)O)CCN(CC(=O)O)CC(=O)O)C(=O)N1CCC(C(=O)CO)(S(=O)(=O)c2ccc(Oc3ccccc3)cc2)CC1. The predicted octanol–water partition coefficient (Wildman–Crippen LogP) is 0.500. The van der Waals surface area contributed by atoms with Crippen molar-refractivity contribution in [3.05, 3.63) is 54.6 Å². The fourth-order valence-electron chi connectivity index (χ4n) is 7.73. The van der Waals surface area contributed by atoms with E-state index in [1.54, 1.807) is 24.3 Å². The maximum atomic E-state index is 14.0. The van der Waals surface area contributed by atoms with Crippen LogP contribution in [0.15, 0.2) is 59.5 Å². The zero-order valence-electron chi connectivity index (χ0n) is 36.4. The molecular formula is C43H59N5O17S. The number of nitrogens with two attached hydrogens (primary N) is 1. The van der Waals surface area contributed by atoms with E-state index in [1.807, 2.05) is 6.07 Å². The van der Waals surface area contributed by atoms with Crippen molar-refractivity contribution >= 4 is 57.2 Å². The minimum atomic E-state index is -4.33. The van der Waals surface area contributed by atoms with E-state index < -0.39 is 101 Å². The third-order valence-electron chi connectivity index (χ3n) is 11.2. The number of piperidine rings is 1. The molecule has 23 heteroatoms. The number of ether oxygens (including phenoxy) is 1. The highest BCUT2D eigenvalue weighted by Gasteiger charge is 2.52. The highest BCUT2D eigenvalue weighted by Crippen LogP contribution is 2.37. The Morgan fingerprint density at radius 1 is 0.667 bits per heavy atom. The summed E-state index contributed by atoms with van der Waals surface area (Å²) in [6.45, 7) is -4.83. The van der Waals surface area contributed by atoms with E-state index in [1.165, 1.54) is 34.1 Å². The molecule has 3 rings (SSSR count). The van der Waals surface area contributed by atoms with Crippen molar-refractivity contribution in [2.24, 2.45) is 5.73 Å². The molecule has 364 valence electrons. The third kappa shape index (κ3) is 16.9. The molecule has 1 saturated heterocycles. The number of hydrogen-bond donors (Lipinski definition) is 7. The van der Waals surface area contributed by atoms with Gasteiger partial charge in [-0.3, -0.25) is 53.1 Å². The molecule has 1 aliphatic heterocycles. The van der Waals surface area contributed by atoms with Crippen LogP contribution in [0.2, 0.25) is 0 Å². The van der Waals surface area contributed by atoms with Crippen LogP contribution in [0.3, 0.4) is 0 Å². The summed E-state index contributed by atoms with van der Waals surface area (Å²) in [5.41, 5.74) is 6.23. The van der Waals surface area contributed by atoms with Crippen molar-refractivity contribution in [1.29, 1.82) is 0 Å². The van der Waals surface area contributed by atoms with E-state index in [0.29, 0.717) is 30.8 Å². The number of carboxylic acid groups (broad SMARTS) is 5. The number of benzene rings is 2. The molecule has 1 fully saturated rings. The number of carbonyl (C=O) groups is 8. The molecule has 66 heavy (non-hydrogen) atoms. The van der Waals surface area contributed by atoms with Crippen molar-refractivity contribution < 1.29 is 82.2 Å². The van der Waals surface area contributed by atoms with Gasteiger partial charge in [-0.25, -0.2) is 8.42 Å². The standard InChI is InChI=1S/C43H59N5O17S/c44-34(41(60)48-19-17-43(18-20-48,36(51)29-49)66(63,64)33-14-12-32(13-15-33)65-31-8-4-2-5-9-31)10-6-1-3-7-30(50)11-16-35(42(61)62)47(23-21-45(25-37(52)53)26-38(54)55)24-22-46(27-39(56)57)28-40(58)59/h2,4-5,8-9,12-15,34-35,49H,1,3,6-7,10-11,16-29,44H2,(H,52,53)(H,54,55)(H,56,57)(H,58,59)(H,61,62)/t34-,35-/m0/s1. The first-order valence-corrected chi connectivity index (χ1v) is 22.7. The fraction of sp³-hybridized carbons (Fsp3) is 0.535. The van der Waals surface area contributed by atoms with E-state index in [0.717, 1.165) is 9.80 Å². The monoisotopic (exact) mass is 949 g/mol. The Morgan fingerprint density at radius 2 is 1.17 bits per heavy atom. The number of carboxylic acids is 5. The average molecular weight is 950 g/mol. The molecule has 2 aromatic rings. The Labute approximate surface area is 381 Å². The predicted molar refractivity (Wildman–Crippen MR) is 233 cm³/mol. The minimum Gasteiger partial charge on any atom is -0.480 e. The van der Waals surface area contributed by atoms with E-state index in [9.17, 15) is 77.4 Å². The topological polar surface area (TPSA) is 340 Å². The molecule has 0 radical (unpaired) electrons. The molecular weight excluding hydrogens is 891 g/mol. The lowest BCUT2D eigenvalue weighted by Gasteiger charge is -2.40. The molecule has 22 nitrogen and oxygen atoms in total. The van der Waals surface area contributed by atoms with Gasteiger partial charge in [0.1, 0.15) is 34.7 Å². The van der Waals surface area contributed by atoms with Gasteiger partial charge in [-0.2, -0.15) is 0 Å². The normalized spacial score (nSPS) is 14.7. The summed E-state index contributed by atoms with van der Waals surface area (Å²) in [6, 6.07) is 12.1. The molecule has 1 amide bonds. The highest BCUT2D eigenvalue weighted by atomic mass is 32.2. The van der Waals surface area contributed by atoms with Gasteiger partial charge < -0.3 is 46.0 Å². The number of amides is 1. The van der Waals surface area contributed by atoms with Crippen LogP contribution in [0.25, 0.3) is 0 Å². The number of sulfone groups is 1. The molecule has 0 spiro atoms. The summed E-state index contributed by atoms with van der Waals surface area (Å²) in [5, 5.41) is 56.9. The maximum absolute atomic E-state index is 14.0. The number of unbranched alkanes of at least 4 members (excludes halogenated alkanes) is 2. The quantitative estimate of drug-likeness (QED) is 0.0491. The Bertz CT molecular complexity index is 2030. The Kier molecular flexibility index (Phi) is 21.7. The largest absolute Gasteiger partial charge is 0.480 e. The second-order valence-electron chi connectivity index (χ2n) is 16.0. The number of Topliss-reactive ketones (excluding diaryl/α,β-unsaturated/α-hetero) is 2. The number of aliphatic carboxylic acids is 5. The van der Waals surface area contributed by atoms with E-state index in [-0.39, 0.29) is 88.5 Å². The molecule has 8 N–H and O–H groups in total. The van der Waals surface area contributed by atoms with Gasteiger partial charge in [0.05, 0.1) is 37.1 Å². The number of carbonyl (C=O) groups excluding carboxylic acids is 3. The van der Waals surface area contributed by atoms with Gasteiger partial charge in [0.15, 0.2) is 15.6 Å². The number of rotatable bonds is 32. The summed E-state index contributed by atoms with van der Waals surface area (Å²) in [5.74, 6) is -7.44. The zero-order chi connectivity index (χ0) is 49.0. The van der Waals surface area contributed by atoms with Crippen molar-refractivity contribution in [3.8, 4) is 11.5 Å². The first-order valence-electron chi connectivity index (χ1n) is 21.3. The molecule has 2 atom stereocenters. The minimum absolute atomic E-state index is 0.0515. The number of para-hydroxylation sites is 1. The van der Waals surface area contributed by atoms with Crippen molar-refractivity contribution in [2.75, 3.05) is 72.1 Å². The number of aliphatic hydroxyl groups excluding tert-OH is 1. The Hall–Kier alpha value is -5.85. The third-order valence-corrected chi connectivity index (χ3v) is 13.8. The van der Waals surface area contributed by atoms with Gasteiger partial charge in [-0.15, -0.1) is 0 Å². The van der Waals surface area contributed by atoms with Gasteiger partial charge in [0.2, 0.25) is 5.91 Å². The first kappa shape index (κ1) is 54.5. The van der Waals surface area contributed by atoms with E-state index >= 15 is 0 Å². The first-order chi connectivity index (χ1) is 31.2. The molecule has 0 bridgehead atoms. The second-order valence-corrected chi connectivity index (χ2v) is 18.2. The molecule has 1 aliphatic rings. The summed E-state index contributed by atoms with van der Waals surface area (Å²) in [6.07, 6.45) is 0.583. The van der Waals surface area contributed by atoms with Crippen LogP contribution < -0.4 is 10.5 Å². The lowest BCUT2D eigenvalue weighted by atomic mass is 9.91. The van der Waals surface area contributed by atoms with Crippen LogP contribution >= 0.6 is 0 Å². The van der Waals surface area contributed by atoms with E-state index in [2.05, 4.69) is 0 Å². The molecule has 1 heterocycles. The summed E-state index contributed by atoms with van der Waals surface area (Å²) < 4.78 is 31.7.